The van der Waals surface area contributed by atoms with E-state index in [-0.39, 0.29) is 0 Å². The van der Waals surface area contributed by atoms with Crippen molar-refractivity contribution in [2.24, 2.45) is 5.92 Å². The number of hydrogen-bond donors (Lipinski definition) is 0. The number of aromatic nitrogens is 2. The largest absolute Gasteiger partial charge is 0.497 e. The molecule has 2 aromatic heterocycles. The van der Waals surface area contributed by atoms with Crippen LogP contribution in [-0.2, 0) is 11.2 Å². The third-order valence-corrected chi connectivity index (χ3v) is 7.10. The van der Waals surface area contributed by atoms with Crippen LogP contribution in [0.3, 0.4) is 0 Å². The second-order valence-electron chi connectivity index (χ2n) is 9.43. The van der Waals surface area contributed by atoms with Crippen molar-refractivity contribution >= 4 is 11.2 Å². The number of pyridine rings is 1. The maximum absolute atomic E-state index is 5.70. The van der Waals surface area contributed by atoms with E-state index >= 15 is 0 Å². The molecule has 1 aromatic carbocycles. The quantitative estimate of drug-likeness (QED) is 0.487. The van der Waals surface area contributed by atoms with Gasteiger partial charge in [-0.25, -0.2) is 4.52 Å². The highest BCUT2D eigenvalue weighted by molar-refractivity contribution is 5.81. The Balaban J connectivity index is 1.67. The van der Waals surface area contributed by atoms with Gasteiger partial charge in [0.05, 0.1) is 29.7 Å². The highest BCUT2D eigenvalue weighted by Crippen LogP contribution is 2.39. The predicted octanol–water partition coefficient (Wildman–Crippen LogP) is 5.58. The molecule has 5 rings (SSSR count). The van der Waals surface area contributed by atoms with Gasteiger partial charge in [0.1, 0.15) is 5.75 Å². The molecule has 0 unspecified atom stereocenters. The van der Waals surface area contributed by atoms with Crippen LogP contribution in [0, 0.1) is 19.8 Å². The average Bonchev–Trinajstić information content (AvgIpc) is 3.55. The van der Waals surface area contributed by atoms with Crippen molar-refractivity contribution < 1.29 is 9.47 Å². The number of methoxy groups -OCH3 is 1. The highest BCUT2D eigenvalue weighted by atomic mass is 16.5. The van der Waals surface area contributed by atoms with Crippen LogP contribution < -0.4 is 9.64 Å². The molecule has 1 aliphatic carbocycles. The summed E-state index contributed by atoms with van der Waals surface area (Å²) < 4.78 is 13.4. The Morgan fingerprint density at radius 2 is 1.81 bits per heavy atom. The summed E-state index contributed by atoms with van der Waals surface area (Å²) in [4.78, 5) is 2.69. The Hall–Kier alpha value is -2.53. The molecule has 1 saturated carbocycles. The average molecular weight is 434 g/mol. The summed E-state index contributed by atoms with van der Waals surface area (Å²) >= 11 is 0. The van der Waals surface area contributed by atoms with E-state index in [0.717, 1.165) is 56.4 Å². The lowest BCUT2D eigenvalue weighted by Crippen LogP contribution is -2.41. The van der Waals surface area contributed by atoms with Gasteiger partial charge in [0, 0.05) is 31.4 Å². The maximum atomic E-state index is 5.70. The summed E-state index contributed by atoms with van der Waals surface area (Å²) in [6, 6.07) is 11.4. The van der Waals surface area contributed by atoms with Gasteiger partial charge in [-0.05, 0) is 87.3 Å². The highest BCUT2D eigenvalue weighted by Gasteiger charge is 2.32. The molecule has 1 saturated heterocycles. The molecule has 5 heteroatoms. The minimum absolute atomic E-state index is 0.538. The van der Waals surface area contributed by atoms with Crippen molar-refractivity contribution in [3.63, 3.8) is 0 Å². The summed E-state index contributed by atoms with van der Waals surface area (Å²) in [7, 11) is 1.73. The van der Waals surface area contributed by atoms with Gasteiger partial charge in [-0.1, -0.05) is 13.0 Å². The monoisotopic (exact) mass is 433 g/mol. The maximum Gasteiger partial charge on any atom is 0.119 e. The fraction of sp³-hybridized carbons (Fsp3) is 0.519. The molecule has 0 amide bonds. The second kappa shape index (κ2) is 8.78. The molecule has 2 aliphatic rings. The Morgan fingerprint density at radius 1 is 1.09 bits per heavy atom. The van der Waals surface area contributed by atoms with E-state index in [1.807, 2.05) is 0 Å². The SMILES string of the molecule is CCc1nn2c(-c3c(C)cc(OC)cc3C)cccc2c1N(CC1CC1)C1CCOCC1. The molecule has 5 nitrogen and oxygen atoms in total. The number of ether oxygens (including phenoxy) is 2. The Bertz CT molecular complexity index is 1090. The smallest absolute Gasteiger partial charge is 0.119 e. The first kappa shape index (κ1) is 21.3. The number of aryl methyl sites for hydroxylation is 3. The molecular weight excluding hydrogens is 398 g/mol. The van der Waals surface area contributed by atoms with E-state index in [2.05, 4.69) is 60.5 Å². The zero-order chi connectivity index (χ0) is 22.2. The summed E-state index contributed by atoms with van der Waals surface area (Å²) in [5, 5.41) is 5.19. The number of benzene rings is 1. The molecule has 2 fully saturated rings. The molecule has 0 atom stereocenters. The summed E-state index contributed by atoms with van der Waals surface area (Å²) in [5.74, 6) is 1.73. The number of fused-ring (bicyclic) bond motifs is 1. The molecule has 3 aromatic rings. The number of anilines is 1. The van der Waals surface area contributed by atoms with Crippen LogP contribution in [0.15, 0.2) is 30.3 Å². The predicted molar refractivity (Wildman–Crippen MR) is 130 cm³/mol. The van der Waals surface area contributed by atoms with Crippen LogP contribution in [0.1, 0.15) is 49.4 Å². The van der Waals surface area contributed by atoms with Crippen LogP contribution in [0.25, 0.3) is 16.8 Å². The summed E-state index contributed by atoms with van der Waals surface area (Å²) in [6.07, 6.45) is 5.85. The van der Waals surface area contributed by atoms with Gasteiger partial charge in [-0.15, -0.1) is 0 Å². The van der Waals surface area contributed by atoms with Gasteiger partial charge < -0.3 is 14.4 Å². The van der Waals surface area contributed by atoms with Gasteiger partial charge in [-0.2, -0.15) is 5.10 Å². The fourth-order valence-electron chi connectivity index (χ4n) is 5.29. The minimum atomic E-state index is 0.538. The molecule has 32 heavy (non-hydrogen) atoms. The van der Waals surface area contributed by atoms with Crippen molar-refractivity contribution in [2.75, 3.05) is 31.8 Å². The van der Waals surface area contributed by atoms with Crippen LogP contribution in [0.4, 0.5) is 5.69 Å². The molecule has 0 spiro atoms. The van der Waals surface area contributed by atoms with E-state index < -0.39 is 0 Å². The van der Waals surface area contributed by atoms with Crippen LogP contribution in [0.2, 0.25) is 0 Å². The Kier molecular flexibility index (Phi) is 5.85. The van der Waals surface area contributed by atoms with Crippen LogP contribution >= 0.6 is 0 Å². The van der Waals surface area contributed by atoms with Crippen molar-refractivity contribution in [3.05, 3.63) is 47.2 Å². The third kappa shape index (κ3) is 3.88. The van der Waals surface area contributed by atoms with Crippen molar-refractivity contribution in [3.8, 4) is 17.0 Å². The fourth-order valence-corrected chi connectivity index (χ4v) is 5.29. The number of hydrogen-bond acceptors (Lipinski definition) is 4. The van der Waals surface area contributed by atoms with Gasteiger partial charge in [0.25, 0.3) is 0 Å². The van der Waals surface area contributed by atoms with Gasteiger partial charge in [0.2, 0.25) is 0 Å². The Labute approximate surface area is 191 Å². The van der Waals surface area contributed by atoms with Crippen molar-refractivity contribution in [1.29, 1.82) is 0 Å². The van der Waals surface area contributed by atoms with E-state index in [4.69, 9.17) is 14.6 Å². The molecule has 0 N–H and O–H groups in total. The molecule has 0 radical (unpaired) electrons. The van der Waals surface area contributed by atoms with Gasteiger partial charge >= 0.3 is 0 Å². The second-order valence-corrected chi connectivity index (χ2v) is 9.43. The normalized spacial score (nSPS) is 17.1. The van der Waals surface area contributed by atoms with Crippen LogP contribution in [0.5, 0.6) is 5.75 Å². The molecule has 170 valence electrons. The standard InChI is InChI=1S/C27H35N3O2/c1-5-23-27(29(17-20-9-10-20)21-11-13-32-14-12-21)25-8-6-7-24(30(25)28-23)26-18(2)15-22(31-4)16-19(26)3/h6-8,15-16,20-21H,5,9-14,17H2,1-4H3. The minimum Gasteiger partial charge on any atom is -0.497 e. The lowest BCUT2D eigenvalue weighted by atomic mass is 9.98. The summed E-state index contributed by atoms with van der Waals surface area (Å²) in [6.45, 7) is 9.43. The van der Waals surface area contributed by atoms with E-state index in [9.17, 15) is 0 Å². The van der Waals surface area contributed by atoms with Crippen LogP contribution in [-0.4, -0.2) is 42.5 Å². The zero-order valence-corrected chi connectivity index (χ0v) is 19.9. The molecule has 3 heterocycles. The van der Waals surface area contributed by atoms with Gasteiger partial charge in [0.15, 0.2) is 0 Å². The third-order valence-electron chi connectivity index (χ3n) is 7.10. The van der Waals surface area contributed by atoms with Crippen molar-refractivity contribution in [1.82, 2.24) is 9.61 Å². The summed E-state index contributed by atoms with van der Waals surface area (Å²) in [5.41, 5.74) is 8.59. The first-order valence-corrected chi connectivity index (χ1v) is 12.1. The first-order chi connectivity index (χ1) is 15.6. The number of rotatable bonds is 7. The van der Waals surface area contributed by atoms with E-state index in [1.165, 1.54) is 46.4 Å². The van der Waals surface area contributed by atoms with Gasteiger partial charge in [-0.3, -0.25) is 0 Å². The molecular formula is C27H35N3O2. The zero-order valence-electron chi connectivity index (χ0n) is 19.9. The first-order valence-electron chi connectivity index (χ1n) is 12.1. The number of nitrogens with zero attached hydrogens (tertiary/aromatic N) is 3. The topological polar surface area (TPSA) is 39.0 Å². The van der Waals surface area contributed by atoms with E-state index in [1.54, 1.807) is 7.11 Å². The Morgan fingerprint density at radius 3 is 2.44 bits per heavy atom. The molecule has 1 aliphatic heterocycles. The lowest BCUT2D eigenvalue weighted by molar-refractivity contribution is 0.0842. The lowest BCUT2D eigenvalue weighted by Gasteiger charge is -2.36. The van der Waals surface area contributed by atoms with Crippen molar-refractivity contribution in [2.45, 2.75) is 58.9 Å². The molecule has 0 bridgehead atoms. The van der Waals surface area contributed by atoms with E-state index in [0.29, 0.717) is 6.04 Å².